The van der Waals surface area contributed by atoms with Gasteiger partial charge >= 0.3 is 5.97 Å². The van der Waals surface area contributed by atoms with Crippen molar-refractivity contribution >= 4 is 16.0 Å². The third kappa shape index (κ3) is 5.46. The molecular weight excluding hydrogens is 268 g/mol. The summed E-state index contributed by atoms with van der Waals surface area (Å²) in [4.78, 5) is 11.2. The number of ether oxygens (including phenoxy) is 1. The molecule has 1 rings (SSSR count). The van der Waals surface area contributed by atoms with Gasteiger partial charge in [-0.3, -0.25) is 4.79 Å². The lowest BCUT2D eigenvalue weighted by Crippen LogP contribution is -2.53. The van der Waals surface area contributed by atoms with Crippen LogP contribution in [-0.4, -0.2) is 45.9 Å². The topological polar surface area (TPSA) is 84.5 Å². The molecule has 0 aromatic carbocycles. The van der Waals surface area contributed by atoms with Crippen LogP contribution in [0.4, 0.5) is 0 Å². The highest BCUT2D eigenvalue weighted by molar-refractivity contribution is 7.90. The number of rotatable bonds is 6. The molecule has 1 heterocycles. The Morgan fingerprint density at radius 1 is 1.47 bits per heavy atom. The summed E-state index contributed by atoms with van der Waals surface area (Å²) in [7, 11) is -3.62. The molecule has 0 aliphatic carbocycles. The Bertz CT molecular complexity index is 406. The predicted octanol–water partition coefficient (Wildman–Crippen LogP) is 0.247. The van der Waals surface area contributed by atoms with E-state index in [1.165, 1.54) is 0 Å². The molecule has 1 atom stereocenters. The zero-order chi connectivity index (χ0) is 14.5. The van der Waals surface area contributed by atoms with Gasteiger partial charge in [-0.05, 0) is 31.7 Å². The van der Waals surface area contributed by atoms with E-state index in [4.69, 9.17) is 0 Å². The lowest BCUT2D eigenvalue weighted by molar-refractivity contribution is -0.139. The van der Waals surface area contributed by atoms with Gasteiger partial charge in [-0.1, -0.05) is 13.8 Å². The molecule has 0 amide bonds. The molecule has 1 unspecified atom stereocenters. The molecule has 6 nitrogen and oxygen atoms in total. The third-order valence-corrected chi connectivity index (χ3v) is 4.67. The number of carbonyl (C=O) groups is 1. The number of sulfonamides is 1. The van der Waals surface area contributed by atoms with E-state index in [1.54, 1.807) is 6.92 Å². The Morgan fingerprint density at radius 2 is 2.16 bits per heavy atom. The normalized spacial score (nSPS) is 23.0. The average molecular weight is 292 g/mol. The van der Waals surface area contributed by atoms with E-state index in [-0.39, 0.29) is 18.1 Å². The molecule has 1 saturated heterocycles. The molecule has 0 radical (unpaired) electrons. The van der Waals surface area contributed by atoms with Gasteiger partial charge in [-0.15, -0.1) is 0 Å². The maximum absolute atomic E-state index is 11.7. The van der Waals surface area contributed by atoms with Gasteiger partial charge in [-0.25, -0.2) is 13.1 Å². The summed E-state index contributed by atoms with van der Waals surface area (Å²) in [6.45, 7) is 7.26. The molecule has 0 saturated carbocycles. The van der Waals surface area contributed by atoms with E-state index >= 15 is 0 Å². The molecule has 0 aromatic rings. The van der Waals surface area contributed by atoms with Crippen molar-refractivity contribution in [2.45, 2.75) is 39.7 Å². The standard InChI is InChI=1S/C12H24N2O4S/c1-4-18-11(15)9-19(16,17)14-8-10-12(2,3)6-5-7-13-10/h10,13-14H,4-9H2,1-3H3. The summed E-state index contributed by atoms with van der Waals surface area (Å²) in [5.74, 6) is -1.33. The molecule has 112 valence electrons. The predicted molar refractivity (Wildman–Crippen MR) is 73.2 cm³/mol. The maximum atomic E-state index is 11.7. The van der Waals surface area contributed by atoms with Crippen molar-refractivity contribution in [3.63, 3.8) is 0 Å². The Balaban J connectivity index is 2.48. The fraction of sp³-hybridized carbons (Fsp3) is 0.917. The monoisotopic (exact) mass is 292 g/mol. The second kappa shape index (κ2) is 6.67. The molecule has 0 bridgehead atoms. The third-order valence-electron chi connectivity index (χ3n) is 3.45. The van der Waals surface area contributed by atoms with Crippen molar-refractivity contribution in [1.82, 2.24) is 10.0 Å². The molecule has 1 aliphatic heterocycles. The van der Waals surface area contributed by atoms with E-state index < -0.39 is 21.7 Å². The van der Waals surface area contributed by atoms with Crippen LogP contribution in [0.2, 0.25) is 0 Å². The fourth-order valence-corrected chi connectivity index (χ4v) is 3.15. The number of hydrogen-bond donors (Lipinski definition) is 2. The van der Waals surface area contributed by atoms with E-state index in [1.807, 2.05) is 0 Å². The Kier molecular flexibility index (Phi) is 5.76. The van der Waals surface area contributed by atoms with E-state index in [9.17, 15) is 13.2 Å². The number of esters is 1. The van der Waals surface area contributed by atoms with Crippen molar-refractivity contribution in [2.75, 3.05) is 25.4 Å². The first kappa shape index (κ1) is 16.4. The highest BCUT2D eigenvalue weighted by Crippen LogP contribution is 2.29. The fourth-order valence-electron chi connectivity index (χ4n) is 2.24. The minimum atomic E-state index is -3.62. The van der Waals surface area contributed by atoms with Crippen molar-refractivity contribution in [1.29, 1.82) is 0 Å². The van der Waals surface area contributed by atoms with Crippen LogP contribution in [-0.2, 0) is 19.6 Å². The van der Waals surface area contributed by atoms with Crippen LogP contribution < -0.4 is 10.0 Å². The molecule has 2 N–H and O–H groups in total. The number of piperidine rings is 1. The first-order valence-corrected chi connectivity index (χ1v) is 8.28. The van der Waals surface area contributed by atoms with Crippen LogP contribution in [0.5, 0.6) is 0 Å². The van der Waals surface area contributed by atoms with Crippen molar-refractivity contribution < 1.29 is 17.9 Å². The Hall–Kier alpha value is -0.660. The lowest BCUT2D eigenvalue weighted by Gasteiger charge is -2.39. The smallest absolute Gasteiger partial charge is 0.322 e. The number of hydrogen-bond acceptors (Lipinski definition) is 5. The summed E-state index contributed by atoms with van der Waals surface area (Å²) < 4.78 is 30.6. The van der Waals surface area contributed by atoms with Crippen LogP contribution >= 0.6 is 0 Å². The summed E-state index contributed by atoms with van der Waals surface area (Å²) in [6.07, 6.45) is 2.16. The van der Waals surface area contributed by atoms with Crippen LogP contribution in [0.25, 0.3) is 0 Å². The first-order valence-electron chi connectivity index (χ1n) is 6.63. The SMILES string of the molecule is CCOC(=O)CS(=O)(=O)NCC1NCCCC1(C)C. The molecule has 19 heavy (non-hydrogen) atoms. The van der Waals surface area contributed by atoms with Crippen molar-refractivity contribution in [3.05, 3.63) is 0 Å². The van der Waals surface area contributed by atoms with Crippen molar-refractivity contribution in [3.8, 4) is 0 Å². The molecule has 7 heteroatoms. The average Bonchev–Trinajstić information content (AvgIpc) is 2.26. The second-order valence-corrected chi connectivity index (χ2v) is 7.32. The number of carbonyl (C=O) groups excluding carboxylic acids is 1. The highest BCUT2D eigenvalue weighted by Gasteiger charge is 2.32. The van der Waals surface area contributed by atoms with Gasteiger partial charge in [0, 0.05) is 12.6 Å². The van der Waals surface area contributed by atoms with Crippen LogP contribution in [0.3, 0.4) is 0 Å². The van der Waals surface area contributed by atoms with Gasteiger partial charge in [0.05, 0.1) is 6.61 Å². The Morgan fingerprint density at radius 3 is 2.74 bits per heavy atom. The second-order valence-electron chi connectivity index (χ2n) is 5.51. The van der Waals surface area contributed by atoms with E-state index in [0.29, 0.717) is 6.54 Å². The van der Waals surface area contributed by atoms with Crippen LogP contribution in [0.15, 0.2) is 0 Å². The highest BCUT2D eigenvalue weighted by atomic mass is 32.2. The summed E-state index contributed by atoms with van der Waals surface area (Å²) in [5.41, 5.74) is 0.0463. The summed E-state index contributed by atoms with van der Waals surface area (Å²) in [6, 6.07) is 0.0817. The van der Waals surface area contributed by atoms with Gasteiger partial charge < -0.3 is 10.1 Å². The summed E-state index contributed by atoms with van der Waals surface area (Å²) in [5, 5.41) is 3.32. The Labute approximate surface area is 115 Å². The minimum Gasteiger partial charge on any atom is -0.465 e. The summed E-state index contributed by atoms with van der Waals surface area (Å²) >= 11 is 0. The minimum absolute atomic E-state index is 0.0463. The van der Waals surface area contributed by atoms with Crippen molar-refractivity contribution in [2.24, 2.45) is 5.41 Å². The zero-order valence-corrected chi connectivity index (χ0v) is 12.7. The van der Waals surface area contributed by atoms with Gasteiger partial charge in [-0.2, -0.15) is 0 Å². The molecule has 1 aliphatic rings. The van der Waals surface area contributed by atoms with Gasteiger partial charge in [0.15, 0.2) is 5.75 Å². The zero-order valence-electron chi connectivity index (χ0n) is 11.9. The molecule has 1 fully saturated rings. The maximum Gasteiger partial charge on any atom is 0.322 e. The van der Waals surface area contributed by atoms with E-state index in [2.05, 4.69) is 28.6 Å². The molecular formula is C12H24N2O4S. The lowest BCUT2D eigenvalue weighted by atomic mass is 9.78. The van der Waals surface area contributed by atoms with Gasteiger partial charge in [0.1, 0.15) is 0 Å². The van der Waals surface area contributed by atoms with Gasteiger partial charge in [0.2, 0.25) is 10.0 Å². The quantitative estimate of drug-likeness (QED) is 0.685. The first-order chi connectivity index (χ1) is 8.77. The molecule has 0 spiro atoms. The van der Waals surface area contributed by atoms with Crippen LogP contribution in [0, 0.1) is 5.41 Å². The largest absolute Gasteiger partial charge is 0.465 e. The molecule has 0 aromatic heterocycles. The van der Waals surface area contributed by atoms with E-state index in [0.717, 1.165) is 19.4 Å². The van der Waals surface area contributed by atoms with Crippen LogP contribution in [0.1, 0.15) is 33.6 Å². The number of nitrogens with one attached hydrogen (secondary N) is 2. The van der Waals surface area contributed by atoms with Gasteiger partial charge in [0.25, 0.3) is 0 Å².